The summed E-state index contributed by atoms with van der Waals surface area (Å²) in [5.74, 6) is -1.13. The number of sulfonamides is 1. The van der Waals surface area contributed by atoms with Crippen molar-refractivity contribution in [3.63, 3.8) is 0 Å². The second-order valence-corrected chi connectivity index (χ2v) is 6.63. The molecule has 0 aromatic heterocycles. The fraction of sp³-hybridized carbons (Fsp3) is 0.143. The summed E-state index contributed by atoms with van der Waals surface area (Å²) in [6, 6.07) is 10.2. The maximum absolute atomic E-state index is 13.3. The van der Waals surface area contributed by atoms with Gasteiger partial charge in [0.05, 0.1) is 4.90 Å². The van der Waals surface area contributed by atoms with Crippen LogP contribution in [-0.2, 0) is 10.0 Å². The molecule has 0 heterocycles. The molecule has 4 nitrogen and oxygen atoms in total. The van der Waals surface area contributed by atoms with Gasteiger partial charge >= 0.3 is 0 Å². The van der Waals surface area contributed by atoms with Gasteiger partial charge in [-0.15, -0.1) is 0 Å². The minimum absolute atomic E-state index is 0.172. The molecule has 0 radical (unpaired) electrons. The summed E-state index contributed by atoms with van der Waals surface area (Å²) < 4.78 is 38.2. The highest BCUT2D eigenvalue weighted by molar-refractivity contribution is 7.89. The Balaban J connectivity index is 2.40. The van der Waals surface area contributed by atoms with Gasteiger partial charge in [0, 0.05) is 14.1 Å². The van der Waals surface area contributed by atoms with Gasteiger partial charge in [-0.05, 0) is 35.4 Å². The van der Waals surface area contributed by atoms with E-state index in [1.54, 1.807) is 18.2 Å². The first-order chi connectivity index (χ1) is 9.32. The van der Waals surface area contributed by atoms with Crippen LogP contribution in [-0.4, -0.2) is 31.9 Å². The highest BCUT2D eigenvalue weighted by Crippen LogP contribution is 2.26. The maximum atomic E-state index is 13.3. The van der Waals surface area contributed by atoms with Gasteiger partial charge in [-0.3, -0.25) is 0 Å². The summed E-state index contributed by atoms with van der Waals surface area (Å²) in [6.45, 7) is 0. The van der Waals surface area contributed by atoms with Crippen LogP contribution >= 0.6 is 0 Å². The van der Waals surface area contributed by atoms with E-state index in [0.29, 0.717) is 11.1 Å². The summed E-state index contributed by atoms with van der Waals surface area (Å²) in [5, 5.41) is 9.14. The average Bonchev–Trinajstić information content (AvgIpc) is 2.42. The van der Waals surface area contributed by atoms with Gasteiger partial charge < -0.3 is 5.11 Å². The quantitative estimate of drug-likeness (QED) is 0.946. The minimum Gasteiger partial charge on any atom is -0.505 e. The number of phenolic OH excluding ortho intramolecular Hbond substituents is 1. The van der Waals surface area contributed by atoms with Crippen LogP contribution in [0.2, 0.25) is 0 Å². The average molecular weight is 295 g/mol. The van der Waals surface area contributed by atoms with Crippen molar-refractivity contribution in [2.24, 2.45) is 0 Å². The highest BCUT2D eigenvalue weighted by Gasteiger charge is 2.16. The molecule has 0 atom stereocenters. The van der Waals surface area contributed by atoms with Crippen LogP contribution in [0.15, 0.2) is 47.4 Å². The molecule has 0 spiro atoms. The second-order valence-electron chi connectivity index (χ2n) is 4.48. The molecular weight excluding hydrogens is 281 g/mol. The minimum atomic E-state index is -3.47. The van der Waals surface area contributed by atoms with Gasteiger partial charge in [-0.1, -0.05) is 18.2 Å². The van der Waals surface area contributed by atoms with E-state index in [1.165, 1.54) is 38.4 Å². The smallest absolute Gasteiger partial charge is 0.242 e. The first kappa shape index (κ1) is 14.5. The standard InChI is InChI=1S/C14H14FNO3S/c1-16(2)20(18,19)12-6-3-10(4-7-12)11-5-8-14(17)13(15)9-11/h3-9,17H,1-2H3. The van der Waals surface area contributed by atoms with E-state index in [2.05, 4.69) is 0 Å². The zero-order valence-electron chi connectivity index (χ0n) is 11.0. The van der Waals surface area contributed by atoms with Crippen molar-refractivity contribution in [3.8, 4) is 16.9 Å². The van der Waals surface area contributed by atoms with E-state index in [1.807, 2.05) is 0 Å². The first-order valence-corrected chi connectivity index (χ1v) is 7.28. The Morgan fingerprint density at radius 2 is 1.55 bits per heavy atom. The first-order valence-electron chi connectivity index (χ1n) is 5.84. The number of nitrogens with zero attached hydrogens (tertiary/aromatic N) is 1. The Bertz CT molecular complexity index is 725. The van der Waals surface area contributed by atoms with Crippen LogP contribution in [0.1, 0.15) is 0 Å². The molecule has 0 unspecified atom stereocenters. The Hall–Kier alpha value is -1.92. The van der Waals surface area contributed by atoms with Crippen LogP contribution in [0.3, 0.4) is 0 Å². The van der Waals surface area contributed by atoms with Crippen LogP contribution in [0.25, 0.3) is 11.1 Å². The van der Waals surface area contributed by atoms with Crippen molar-refractivity contribution in [1.82, 2.24) is 4.31 Å². The maximum Gasteiger partial charge on any atom is 0.242 e. The molecule has 0 aliphatic carbocycles. The molecule has 0 aliphatic heterocycles. The van der Waals surface area contributed by atoms with Gasteiger partial charge in [0.15, 0.2) is 11.6 Å². The van der Waals surface area contributed by atoms with E-state index < -0.39 is 21.6 Å². The Kier molecular flexibility index (Phi) is 3.78. The number of phenols is 1. The van der Waals surface area contributed by atoms with Crippen molar-refractivity contribution in [2.45, 2.75) is 4.90 Å². The number of rotatable bonds is 3. The summed E-state index contributed by atoms with van der Waals surface area (Å²) in [4.78, 5) is 0.172. The number of benzene rings is 2. The summed E-state index contributed by atoms with van der Waals surface area (Å²) in [6.07, 6.45) is 0. The summed E-state index contributed by atoms with van der Waals surface area (Å²) in [7, 11) is -0.558. The van der Waals surface area contributed by atoms with Crippen LogP contribution in [0.5, 0.6) is 5.75 Å². The lowest BCUT2D eigenvalue weighted by molar-refractivity contribution is 0.432. The third-order valence-electron chi connectivity index (χ3n) is 2.91. The Morgan fingerprint density at radius 3 is 2.05 bits per heavy atom. The van der Waals surface area contributed by atoms with E-state index >= 15 is 0 Å². The van der Waals surface area contributed by atoms with Crippen molar-refractivity contribution in [1.29, 1.82) is 0 Å². The molecule has 20 heavy (non-hydrogen) atoms. The van der Waals surface area contributed by atoms with Crippen molar-refractivity contribution in [2.75, 3.05) is 14.1 Å². The molecular formula is C14H14FNO3S. The molecule has 1 N–H and O–H groups in total. The fourth-order valence-electron chi connectivity index (χ4n) is 1.72. The highest BCUT2D eigenvalue weighted by atomic mass is 32.2. The third kappa shape index (κ3) is 2.66. The van der Waals surface area contributed by atoms with Crippen LogP contribution in [0.4, 0.5) is 4.39 Å². The topological polar surface area (TPSA) is 57.6 Å². The lowest BCUT2D eigenvalue weighted by Gasteiger charge is -2.11. The van der Waals surface area contributed by atoms with Gasteiger partial charge in [0.2, 0.25) is 10.0 Å². The number of hydrogen-bond acceptors (Lipinski definition) is 3. The molecule has 0 fully saturated rings. The molecule has 2 aromatic carbocycles. The normalized spacial score (nSPS) is 11.8. The fourth-order valence-corrected chi connectivity index (χ4v) is 2.62. The monoisotopic (exact) mass is 295 g/mol. The largest absolute Gasteiger partial charge is 0.505 e. The van der Waals surface area contributed by atoms with Crippen molar-refractivity contribution in [3.05, 3.63) is 48.3 Å². The van der Waals surface area contributed by atoms with Gasteiger partial charge in [-0.25, -0.2) is 17.1 Å². The predicted molar refractivity (Wildman–Crippen MR) is 74.4 cm³/mol. The van der Waals surface area contributed by atoms with Crippen molar-refractivity contribution >= 4 is 10.0 Å². The predicted octanol–water partition coefficient (Wildman–Crippen LogP) is 2.45. The van der Waals surface area contributed by atoms with Crippen LogP contribution in [0, 0.1) is 5.82 Å². The van der Waals surface area contributed by atoms with E-state index in [4.69, 9.17) is 5.11 Å². The Morgan fingerprint density at radius 1 is 1.00 bits per heavy atom. The van der Waals surface area contributed by atoms with Gasteiger partial charge in [-0.2, -0.15) is 0 Å². The van der Waals surface area contributed by atoms with Crippen molar-refractivity contribution < 1.29 is 17.9 Å². The zero-order chi connectivity index (χ0) is 14.9. The third-order valence-corrected chi connectivity index (χ3v) is 4.74. The molecule has 0 aliphatic rings. The van der Waals surface area contributed by atoms with Gasteiger partial charge in [0.25, 0.3) is 0 Å². The SMILES string of the molecule is CN(C)S(=O)(=O)c1ccc(-c2ccc(O)c(F)c2)cc1. The van der Waals surface area contributed by atoms with E-state index in [9.17, 15) is 12.8 Å². The number of aromatic hydroxyl groups is 1. The molecule has 0 saturated heterocycles. The van der Waals surface area contributed by atoms with E-state index in [-0.39, 0.29) is 4.90 Å². The molecule has 0 bridgehead atoms. The lowest BCUT2D eigenvalue weighted by Crippen LogP contribution is -2.22. The molecule has 2 aromatic rings. The Labute approximate surface area is 117 Å². The molecule has 106 valence electrons. The van der Waals surface area contributed by atoms with E-state index in [0.717, 1.165) is 4.31 Å². The van der Waals surface area contributed by atoms with Crippen LogP contribution < -0.4 is 0 Å². The molecule has 0 amide bonds. The zero-order valence-corrected chi connectivity index (χ0v) is 11.9. The summed E-state index contributed by atoms with van der Waals surface area (Å²) in [5.41, 5.74) is 1.23. The lowest BCUT2D eigenvalue weighted by atomic mass is 10.1. The summed E-state index contributed by atoms with van der Waals surface area (Å²) >= 11 is 0. The second kappa shape index (κ2) is 5.22. The number of halogens is 1. The number of hydrogen-bond donors (Lipinski definition) is 1. The molecule has 6 heteroatoms. The molecule has 2 rings (SSSR count). The molecule has 0 saturated carbocycles. The van der Waals surface area contributed by atoms with Gasteiger partial charge in [0.1, 0.15) is 0 Å².